The molecule has 1 aliphatic heterocycles. The first-order valence-corrected chi connectivity index (χ1v) is 7.85. The van der Waals surface area contributed by atoms with Crippen LogP contribution in [0.1, 0.15) is 24.5 Å². The van der Waals surface area contributed by atoms with Gasteiger partial charge in [0.05, 0.1) is 11.6 Å². The van der Waals surface area contributed by atoms with E-state index in [1.807, 2.05) is 18.2 Å². The van der Waals surface area contributed by atoms with Crippen molar-refractivity contribution in [1.29, 1.82) is 5.26 Å². The normalized spacial score (nSPS) is 18.4. The fraction of sp³-hybridized carbons (Fsp3) is 0.471. The smallest absolute Gasteiger partial charge is 0.0991 e. The molecule has 2 heterocycles. The lowest BCUT2D eigenvalue weighted by atomic mass is 10.0. The van der Waals surface area contributed by atoms with Gasteiger partial charge in [-0.3, -0.25) is 4.90 Å². The van der Waals surface area contributed by atoms with Crippen LogP contribution in [0.4, 0.5) is 0 Å². The second kappa shape index (κ2) is 6.49. The molecule has 2 aromatic rings. The van der Waals surface area contributed by atoms with Gasteiger partial charge in [0.1, 0.15) is 0 Å². The van der Waals surface area contributed by atoms with Crippen LogP contribution in [0.3, 0.4) is 0 Å². The quantitative estimate of drug-likeness (QED) is 0.909. The van der Waals surface area contributed by atoms with Crippen LogP contribution in [-0.4, -0.2) is 52.4 Å². The van der Waals surface area contributed by atoms with Gasteiger partial charge in [0.25, 0.3) is 0 Å². The number of nitrogens with one attached hydrogen (secondary N) is 1. The molecule has 0 radical (unpaired) electrons. The summed E-state index contributed by atoms with van der Waals surface area (Å²) in [5.74, 6) is 0. The van der Waals surface area contributed by atoms with Crippen LogP contribution < -0.4 is 0 Å². The molecule has 0 amide bonds. The van der Waals surface area contributed by atoms with Crippen molar-refractivity contribution in [3.8, 4) is 6.07 Å². The average molecular weight is 298 g/mol. The maximum Gasteiger partial charge on any atom is 0.0991 e. The number of H-pyrrole nitrogens is 1. The largest absolute Gasteiger partial charge is 0.361 e. The summed E-state index contributed by atoms with van der Waals surface area (Å²) in [4.78, 5) is 5.72. The molecular formula is C17H22N4O. The highest BCUT2D eigenvalue weighted by Crippen LogP contribution is 2.22. The molecule has 0 saturated carbocycles. The summed E-state index contributed by atoms with van der Waals surface area (Å²) in [5.41, 5.74) is 3.08. The summed E-state index contributed by atoms with van der Waals surface area (Å²) in [7, 11) is 0. The van der Waals surface area contributed by atoms with Crippen LogP contribution in [0.5, 0.6) is 0 Å². The summed E-state index contributed by atoms with van der Waals surface area (Å²) in [5, 5.41) is 21.0. The Morgan fingerprint density at radius 3 is 2.82 bits per heavy atom. The average Bonchev–Trinajstić information content (AvgIpc) is 2.95. The second-order valence-corrected chi connectivity index (χ2v) is 6.06. The van der Waals surface area contributed by atoms with Gasteiger partial charge in [-0.25, -0.2) is 0 Å². The van der Waals surface area contributed by atoms with E-state index in [1.165, 1.54) is 10.6 Å². The number of aryl methyl sites for hydroxylation is 1. The summed E-state index contributed by atoms with van der Waals surface area (Å²) in [6.45, 7) is 5.54. The zero-order chi connectivity index (χ0) is 15.5. The van der Waals surface area contributed by atoms with E-state index < -0.39 is 0 Å². The predicted octanol–water partition coefficient (Wildman–Crippen LogP) is 2.37. The molecule has 3 rings (SSSR count). The van der Waals surface area contributed by atoms with Crippen molar-refractivity contribution in [2.24, 2.45) is 0 Å². The number of aromatic amines is 1. The van der Waals surface area contributed by atoms with Crippen LogP contribution in [-0.2, 0) is 6.42 Å². The Hall–Kier alpha value is -1.87. The SMILES string of the molecule is CC(CCc1c[nH]c2ccc(C#N)cc12)N1CCN(O)CC1. The van der Waals surface area contributed by atoms with E-state index in [2.05, 4.69) is 29.1 Å². The van der Waals surface area contributed by atoms with Gasteiger partial charge in [0, 0.05) is 49.3 Å². The van der Waals surface area contributed by atoms with Crippen LogP contribution in [0.2, 0.25) is 0 Å². The Morgan fingerprint density at radius 1 is 1.32 bits per heavy atom. The van der Waals surface area contributed by atoms with Gasteiger partial charge in [0.15, 0.2) is 0 Å². The molecule has 5 heteroatoms. The Balaban J connectivity index is 1.65. The maximum atomic E-state index is 9.43. The molecule has 0 bridgehead atoms. The summed E-state index contributed by atoms with van der Waals surface area (Å²) in [6, 6.07) is 8.49. The summed E-state index contributed by atoms with van der Waals surface area (Å²) in [6.07, 6.45) is 4.13. The highest BCUT2D eigenvalue weighted by atomic mass is 16.5. The van der Waals surface area contributed by atoms with E-state index in [0.717, 1.165) is 49.9 Å². The third-order valence-corrected chi connectivity index (χ3v) is 4.64. The van der Waals surface area contributed by atoms with Crippen LogP contribution >= 0.6 is 0 Å². The number of piperazine rings is 1. The van der Waals surface area contributed by atoms with Crippen molar-refractivity contribution < 1.29 is 5.21 Å². The lowest BCUT2D eigenvalue weighted by Gasteiger charge is -2.35. The van der Waals surface area contributed by atoms with E-state index in [9.17, 15) is 5.21 Å². The third kappa shape index (κ3) is 3.14. The number of hydrogen-bond acceptors (Lipinski definition) is 4. The number of nitriles is 1. The Bertz CT molecular complexity index is 680. The monoisotopic (exact) mass is 298 g/mol. The van der Waals surface area contributed by atoms with Crippen LogP contribution in [0.15, 0.2) is 24.4 Å². The van der Waals surface area contributed by atoms with Crippen molar-refractivity contribution in [3.05, 3.63) is 35.5 Å². The topological polar surface area (TPSA) is 66.3 Å². The number of rotatable bonds is 4. The number of nitrogens with zero attached hydrogens (tertiary/aromatic N) is 3. The van der Waals surface area contributed by atoms with Gasteiger partial charge >= 0.3 is 0 Å². The number of aromatic nitrogens is 1. The van der Waals surface area contributed by atoms with Crippen LogP contribution in [0.25, 0.3) is 10.9 Å². The minimum atomic E-state index is 0.498. The van der Waals surface area contributed by atoms with E-state index in [1.54, 1.807) is 0 Å². The van der Waals surface area contributed by atoms with E-state index >= 15 is 0 Å². The summed E-state index contributed by atoms with van der Waals surface area (Å²) < 4.78 is 0. The van der Waals surface area contributed by atoms with Gasteiger partial charge in [-0.1, -0.05) is 0 Å². The maximum absolute atomic E-state index is 9.43. The highest BCUT2D eigenvalue weighted by molar-refractivity contribution is 5.84. The second-order valence-electron chi connectivity index (χ2n) is 6.06. The Morgan fingerprint density at radius 2 is 2.09 bits per heavy atom. The zero-order valence-corrected chi connectivity index (χ0v) is 12.9. The molecule has 116 valence electrons. The van der Waals surface area contributed by atoms with Gasteiger partial charge < -0.3 is 10.2 Å². The fourth-order valence-corrected chi connectivity index (χ4v) is 3.15. The number of benzene rings is 1. The van der Waals surface area contributed by atoms with Gasteiger partial charge in [-0.2, -0.15) is 10.3 Å². The molecule has 2 N–H and O–H groups in total. The standard InChI is InChI=1S/C17H22N4O/c1-13(20-6-8-21(22)9-7-20)2-4-15-12-19-17-5-3-14(11-18)10-16(15)17/h3,5,10,12-13,19,22H,2,4,6-9H2,1H3. The molecule has 1 aromatic carbocycles. The molecule has 1 fully saturated rings. The lowest BCUT2D eigenvalue weighted by Crippen LogP contribution is -2.48. The van der Waals surface area contributed by atoms with E-state index in [-0.39, 0.29) is 0 Å². The fourth-order valence-electron chi connectivity index (χ4n) is 3.15. The lowest BCUT2D eigenvalue weighted by molar-refractivity contribution is -0.121. The molecule has 1 unspecified atom stereocenters. The summed E-state index contributed by atoms with van der Waals surface area (Å²) >= 11 is 0. The number of hydrogen-bond donors (Lipinski definition) is 2. The van der Waals surface area contributed by atoms with Crippen molar-refractivity contribution in [2.75, 3.05) is 26.2 Å². The molecule has 1 atom stereocenters. The minimum Gasteiger partial charge on any atom is -0.361 e. The molecular weight excluding hydrogens is 276 g/mol. The predicted molar refractivity (Wildman–Crippen MR) is 85.7 cm³/mol. The van der Waals surface area contributed by atoms with Gasteiger partial charge in [0.2, 0.25) is 0 Å². The first-order valence-electron chi connectivity index (χ1n) is 7.85. The molecule has 5 nitrogen and oxygen atoms in total. The van der Waals surface area contributed by atoms with Crippen molar-refractivity contribution in [3.63, 3.8) is 0 Å². The van der Waals surface area contributed by atoms with Gasteiger partial charge in [-0.05, 0) is 43.5 Å². The molecule has 1 saturated heterocycles. The molecule has 0 spiro atoms. The number of hydroxylamine groups is 2. The van der Waals surface area contributed by atoms with Crippen molar-refractivity contribution >= 4 is 10.9 Å². The van der Waals surface area contributed by atoms with Gasteiger partial charge in [-0.15, -0.1) is 0 Å². The van der Waals surface area contributed by atoms with Crippen molar-refractivity contribution in [2.45, 2.75) is 25.8 Å². The molecule has 1 aromatic heterocycles. The molecule has 1 aliphatic rings. The molecule has 0 aliphatic carbocycles. The van der Waals surface area contributed by atoms with Crippen LogP contribution in [0, 0.1) is 11.3 Å². The van der Waals surface area contributed by atoms with Crippen molar-refractivity contribution in [1.82, 2.24) is 14.9 Å². The number of fused-ring (bicyclic) bond motifs is 1. The van der Waals surface area contributed by atoms with E-state index in [0.29, 0.717) is 11.6 Å². The first kappa shape index (κ1) is 15.0. The Labute approximate surface area is 130 Å². The Kier molecular flexibility index (Phi) is 4.44. The van der Waals surface area contributed by atoms with E-state index in [4.69, 9.17) is 5.26 Å². The minimum absolute atomic E-state index is 0.498. The zero-order valence-electron chi connectivity index (χ0n) is 12.9. The third-order valence-electron chi connectivity index (χ3n) is 4.64. The molecule has 22 heavy (non-hydrogen) atoms. The highest BCUT2D eigenvalue weighted by Gasteiger charge is 2.20. The first-order chi connectivity index (χ1) is 10.7.